The minimum atomic E-state index is -0.176. The van der Waals surface area contributed by atoms with Crippen molar-refractivity contribution in [2.75, 3.05) is 13.1 Å². The second-order valence-electron chi connectivity index (χ2n) is 6.76. The maximum absolute atomic E-state index is 13.4. The molecule has 26 heavy (non-hydrogen) atoms. The molecule has 0 radical (unpaired) electrons. The van der Waals surface area contributed by atoms with Crippen LogP contribution < -0.4 is 0 Å². The highest BCUT2D eigenvalue weighted by molar-refractivity contribution is 5.46. The molecule has 7 heteroatoms. The van der Waals surface area contributed by atoms with Gasteiger partial charge >= 0.3 is 0 Å². The molecule has 1 aromatic carbocycles. The molecule has 0 spiro atoms. The fourth-order valence-electron chi connectivity index (χ4n) is 3.49. The quantitative estimate of drug-likeness (QED) is 0.707. The lowest BCUT2D eigenvalue weighted by atomic mass is 9.97. The predicted octanol–water partition coefficient (Wildman–Crippen LogP) is 2.79. The Bertz CT molecular complexity index is 850. The normalized spacial score (nSPS) is 18.1. The molecular formula is C19H21FN6. The van der Waals surface area contributed by atoms with E-state index in [4.69, 9.17) is 0 Å². The molecule has 0 amide bonds. The van der Waals surface area contributed by atoms with E-state index < -0.39 is 0 Å². The van der Waals surface area contributed by atoms with Gasteiger partial charge in [0.1, 0.15) is 11.5 Å². The molecule has 3 heterocycles. The van der Waals surface area contributed by atoms with Gasteiger partial charge in [-0.25, -0.2) is 4.39 Å². The molecule has 0 unspecified atom stereocenters. The molecule has 3 aromatic rings. The summed E-state index contributed by atoms with van der Waals surface area (Å²) in [5, 5.41) is 12.7. The zero-order chi connectivity index (χ0) is 17.8. The van der Waals surface area contributed by atoms with Crippen molar-refractivity contribution in [3.8, 4) is 11.5 Å². The highest BCUT2D eigenvalue weighted by Crippen LogP contribution is 2.20. The maximum atomic E-state index is 13.4. The standard InChI is InChI=1S/C19H21FN6/c20-17-7-3-5-15(11-17)12-25-10-4-6-16(13-25)14-26-23-19(22-24-26)18-8-1-2-9-21-18/h1-3,5,7-9,11,16H,4,6,10,12-14H2/t16-/m0/s1. The predicted molar refractivity (Wildman–Crippen MR) is 95.4 cm³/mol. The zero-order valence-corrected chi connectivity index (χ0v) is 14.5. The molecule has 0 N–H and O–H groups in total. The number of piperidine rings is 1. The number of rotatable bonds is 5. The van der Waals surface area contributed by atoms with Gasteiger partial charge in [0.2, 0.25) is 5.82 Å². The molecule has 0 bridgehead atoms. The van der Waals surface area contributed by atoms with Crippen LogP contribution in [0.25, 0.3) is 11.5 Å². The number of aromatic nitrogens is 5. The highest BCUT2D eigenvalue weighted by atomic mass is 19.1. The van der Waals surface area contributed by atoms with E-state index in [1.54, 1.807) is 23.1 Å². The van der Waals surface area contributed by atoms with Gasteiger partial charge < -0.3 is 0 Å². The third-order valence-electron chi connectivity index (χ3n) is 4.67. The number of hydrogen-bond acceptors (Lipinski definition) is 5. The van der Waals surface area contributed by atoms with E-state index in [0.29, 0.717) is 11.7 Å². The number of pyridine rings is 1. The summed E-state index contributed by atoms with van der Waals surface area (Å²) in [6, 6.07) is 12.5. The summed E-state index contributed by atoms with van der Waals surface area (Å²) in [6.45, 7) is 3.51. The fraction of sp³-hybridized carbons (Fsp3) is 0.368. The Labute approximate surface area is 151 Å². The summed E-state index contributed by atoms with van der Waals surface area (Å²) >= 11 is 0. The van der Waals surface area contributed by atoms with Gasteiger partial charge in [-0.3, -0.25) is 9.88 Å². The van der Waals surface area contributed by atoms with E-state index in [0.717, 1.165) is 50.3 Å². The smallest absolute Gasteiger partial charge is 0.223 e. The lowest BCUT2D eigenvalue weighted by molar-refractivity contribution is 0.149. The third kappa shape index (κ3) is 4.11. The molecule has 1 aliphatic heterocycles. The van der Waals surface area contributed by atoms with Crippen molar-refractivity contribution in [2.24, 2.45) is 5.92 Å². The van der Waals surface area contributed by atoms with Crippen molar-refractivity contribution >= 4 is 0 Å². The molecule has 0 aliphatic carbocycles. The van der Waals surface area contributed by atoms with Crippen LogP contribution in [0.3, 0.4) is 0 Å². The summed E-state index contributed by atoms with van der Waals surface area (Å²) in [7, 11) is 0. The first kappa shape index (κ1) is 16.8. The average molecular weight is 352 g/mol. The van der Waals surface area contributed by atoms with Crippen LogP contribution in [0, 0.1) is 11.7 Å². The summed E-state index contributed by atoms with van der Waals surface area (Å²) < 4.78 is 13.4. The van der Waals surface area contributed by atoms with Crippen LogP contribution in [0.4, 0.5) is 4.39 Å². The minimum absolute atomic E-state index is 0.176. The molecule has 4 rings (SSSR count). The molecule has 1 saturated heterocycles. The monoisotopic (exact) mass is 352 g/mol. The topological polar surface area (TPSA) is 59.7 Å². The Kier molecular flexibility index (Phi) is 4.97. The van der Waals surface area contributed by atoms with Gasteiger partial charge in [-0.15, -0.1) is 10.2 Å². The molecule has 134 valence electrons. The van der Waals surface area contributed by atoms with E-state index >= 15 is 0 Å². The van der Waals surface area contributed by atoms with Crippen molar-refractivity contribution in [1.29, 1.82) is 0 Å². The van der Waals surface area contributed by atoms with Crippen molar-refractivity contribution < 1.29 is 4.39 Å². The first-order valence-electron chi connectivity index (χ1n) is 8.92. The van der Waals surface area contributed by atoms with Gasteiger partial charge in [0, 0.05) is 19.3 Å². The largest absolute Gasteiger partial charge is 0.299 e. The molecule has 1 fully saturated rings. The van der Waals surface area contributed by atoms with Crippen molar-refractivity contribution in [1.82, 2.24) is 30.1 Å². The van der Waals surface area contributed by atoms with Crippen LogP contribution >= 0.6 is 0 Å². The first-order valence-corrected chi connectivity index (χ1v) is 8.92. The van der Waals surface area contributed by atoms with E-state index in [9.17, 15) is 4.39 Å². The molecule has 0 saturated carbocycles. The molecular weight excluding hydrogens is 331 g/mol. The van der Waals surface area contributed by atoms with Crippen LogP contribution in [0.5, 0.6) is 0 Å². The number of halogens is 1. The lowest BCUT2D eigenvalue weighted by Gasteiger charge is -2.32. The van der Waals surface area contributed by atoms with Gasteiger partial charge in [-0.2, -0.15) is 4.80 Å². The lowest BCUT2D eigenvalue weighted by Crippen LogP contribution is -2.36. The van der Waals surface area contributed by atoms with E-state index in [1.165, 1.54) is 6.07 Å². The van der Waals surface area contributed by atoms with Crippen LogP contribution in [0.15, 0.2) is 48.7 Å². The number of tetrazole rings is 1. The Morgan fingerprint density at radius 3 is 2.96 bits per heavy atom. The summed E-state index contributed by atoms with van der Waals surface area (Å²) in [5.74, 6) is 0.839. The van der Waals surface area contributed by atoms with Crippen LogP contribution in [0.1, 0.15) is 18.4 Å². The molecule has 1 aliphatic rings. The van der Waals surface area contributed by atoms with E-state index in [2.05, 4.69) is 25.3 Å². The Balaban J connectivity index is 1.37. The second-order valence-corrected chi connectivity index (χ2v) is 6.76. The van der Waals surface area contributed by atoms with Crippen molar-refractivity contribution in [3.63, 3.8) is 0 Å². The Morgan fingerprint density at radius 1 is 1.15 bits per heavy atom. The summed E-state index contributed by atoms with van der Waals surface area (Å²) in [4.78, 5) is 8.30. The van der Waals surface area contributed by atoms with Gasteiger partial charge in [-0.05, 0) is 60.3 Å². The average Bonchev–Trinajstić information content (AvgIpc) is 3.11. The zero-order valence-electron chi connectivity index (χ0n) is 14.5. The summed E-state index contributed by atoms with van der Waals surface area (Å²) in [6.07, 6.45) is 3.99. The van der Waals surface area contributed by atoms with Crippen LogP contribution in [-0.2, 0) is 13.1 Å². The van der Waals surface area contributed by atoms with E-state index in [-0.39, 0.29) is 5.82 Å². The van der Waals surface area contributed by atoms with E-state index in [1.807, 2.05) is 24.3 Å². The highest BCUT2D eigenvalue weighted by Gasteiger charge is 2.21. The minimum Gasteiger partial charge on any atom is -0.299 e. The Morgan fingerprint density at radius 2 is 2.12 bits per heavy atom. The molecule has 1 atom stereocenters. The number of hydrogen-bond donors (Lipinski definition) is 0. The number of nitrogens with zero attached hydrogens (tertiary/aromatic N) is 6. The maximum Gasteiger partial charge on any atom is 0.223 e. The van der Waals surface area contributed by atoms with Crippen LogP contribution in [-0.4, -0.2) is 43.2 Å². The van der Waals surface area contributed by atoms with Gasteiger partial charge in [0.15, 0.2) is 0 Å². The van der Waals surface area contributed by atoms with Gasteiger partial charge in [0.25, 0.3) is 0 Å². The van der Waals surface area contributed by atoms with Crippen molar-refractivity contribution in [3.05, 3.63) is 60.0 Å². The third-order valence-corrected chi connectivity index (χ3v) is 4.67. The molecule has 2 aromatic heterocycles. The van der Waals surface area contributed by atoms with Gasteiger partial charge in [-0.1, -0.05) is 18.2 Å². The SMILES string of the molecule is Fc1cccc(CN2CCC[C@H](Cn3nnc(-c4ccccn4)n3)C2)c1. The second kappa shape index (κ2) is 7.70. The fourth-order valence-corrected chi connectivity index (χ4v) is 3.49. The van der Waals surface area contributed by atoms with Crippen LogP contribution in [0.2, 0.25) is 0 Å². The van der Waals surface area contributed by atoms with Gasteiger partial charge in [0.05, 0.1) is 6.54 Å². The number of benzene rings is 1. The summed E-state index contributed by atoms with van der Waals surface area (Å²) in [5.41, 5.74) is 1.75. The molecule has 6 nitrogen and oxygen atoms in total. The van der Waals surface area contributed by atoms with Crippen molar-refractivity contribution in [2.45, 2.75) is 25.9 Å². The first-order chi connectivity index (χ1) is 12.8. The number of likely N-dealkylation sites (tertiary alicyclic amines) is 1. The Hall–Kier alpha value is -2.67.